The van der Waals surface area contributed by atoms with Crippen molar-refractivity contribution in [3.05, 3.63) is 108 Å². The van der Waals surface area contributed by atoms with E-state index >= 15 is 0 Å². The first-order valence-corrected chi connectivity index (χ1v) is 8.87. The second-order valence-corrected chi connectivity index (χ2v) is 6.27. The molecule has 4 nitrogen and oxygen atoms in total. The van der Waals surface area contributed by atoms with E-state index in [2.05, 4.69) is 5.32 Å². The summed E-state index contributed by atoms with van der Waals surface area (Å²) in [6.45, 7) is 0. The van der Waals surface area contributed by atoms with E-state index in [-0.39, 0.29) is 11.7 Å². The average molecular weight is 367 g/mol. The molecule has 0 saturated heterocycles. The van der Waals surface area contributed by atoms with Crippen LogP contribution in [0.1, 0.15) is 20.7 Å². The van der Waals surface area contributed by atoms with E-state index in [1.807, 2.05) is 48.5 Å². The quantitative estimate of drug-likeness (QED) is 0.393. The monoisotopic (exact) mass is 367 g/mol. The molecule has 0 heterocycles. The third-order valence-corrected chi connectivity index (χ3v) is 4.34. The molecule has 136 valence electrons. The third-order valence-electron chi connectivity index (χ3n) is 4.34. The smallest absolute Gasteiger partial charge is 0.343 e. The number of carbonyl (C=O) groups is 2. The van der Waals surface area contributed by atoms with Gasteiger partial charge in [0.05, 0.1) is 11.1 Å². The van der Waals surface area contributed by atoms with E-state index in [9.17, 15) is 9.59 Å². The van der Waals surface area contributed by atoms with Crippen LogP contribution in [-0.4, -0.2) is 11.9 Å². The van der Waals surface area contributed by atoms with Crippen molar-refractivity contribution in [1.82, 2.24) is 0 Å². The lowest BCUT2D eigenvalue weighted by Crippen LogP contribution is -2.16. The Morgan fingerprint density at radius 1 is 0.679 bits per heavy atom. The van der Waals surface area contributed by atoms with Gasteiger partial charge in [0.2, 0.25) is 0 Å². The Balaban J connectivity index is 1.72. The van der Waals surface area contributed by atoms with Gasteiger partial charge in [0.1, 0.15) is 5.75 Å². The highest BCUT2D eigenvalue weighted by molar-refractivity contribution is 6.09. The Morgan fingerprint density at radius 2 is 1.25 bits per heavy atom. The van der Waals surface area contributed by atoms with Gasteiger partial charge in [-0.15, -0.1) is 0 Å². The molecule has 0 unspecified atom stereocenters. The van der Waals surface area contributed by atoms with Gasteiger partial charge in [-0.3, -0.25) is 4.79 Å². The van der Waals surface area contributed by atoms with Crippen molar-refractivity contribution in [3.8, 4) is 5.75 Å². The van der Waals surface area contributed by atoms with Gasteiger partial charge in [-0.05, 0) is 47.2 Å². The summed E-state index contributed by atoms with van der Waals surface area (Å²) in [4.78, 5) is 25.4. The minimum absolute atomic E-state index is 0.223. The SMILES string of the molecule is O=C(Oc1cc2ccccc2cc1C(=O)Nc1ccccc1)c1ccccc1. The van der Waals surface area contributed by atoms with Crippen LogP contribution in [0, 0.1) is 0 Å². The molecule has 0 aliphatic carbocycles. The maximum Gasteiger partial charge on any atom is 0.343 e. The van der Waals surface area contributed by atoms with E-state index in [4.69, 9.17) is 4.74 Å². The molecule has 0 spiro atoms. The fourth-order valence-electron chi connectivity index (χ4n) is 2.93. The minimum atomic E-state index is -0.510. The van der Waals surface area contributed by atoms with Crippen molar-refractivity contribution in [2.45, 2.75) is 0 Å². The number of carbonyl (C=O) groups excluding carboxylic acids is 2. The number of esters is 1. The third kappa shape index (κ3) is 3.76. The zero-order valence-electron chi connectivity index (χ0n) is 15.0. The van der Waals surface area contributed by atoms with E-state index in [0.29, 0.717) is 16.8 Å². The largest absolute Gasteiger partial charge is 0.422 e. The van der Waals surface area contributed by atoms with Crippen LogP contribution in [0.25, 0.3) is 10.8 Å². The Morgan fingerprint density at radius 3 is 1.93 bits per heavy atom. The molecule has 0 aliphatic heterocycles. The van der Waals surface area contributed by atoms with Gasteiger partial charge in [-0.25, -0.2) is 4.79 Å². The topological polar surface area (TPSA) is 55.4 Å². The van der Waals surface area contributed by atoms with Crippen LogP contribution in [-0.2, 0) is 0 Å². The summed E-state index contributed by atoms with van der Waals surface area (Å²) in [6.07, 6.45) is 0. The summed E-state index contributed by atoms with van der Waals surface area (Å²) in [5.41, 5.74) is 1.39. The van der Waals surface area contributed by atoms with Crippen molar-refractivity contribution in [2.75, 3.05) is 5.32 Å². The van der Waals surface area contributed by atoms with Crippen molar-refractivity contribution >= 4 is 28.3 Å². The molecule has 0 fully saturated rings. The molecule has 4 aromatic rings. The van der Waals surface area contributed by atoms with Gasteiger partial charge in [0.15, 0.2) is 0 Å². The number of anilines is 1. The van der Waals surface area contributed by atoms with Gasteiger partial charge in [-0.1, -0.05) is 60.7 Å². The van der Waals surface area contributed by atoms with Gasteiger partial charge < -0.3 is 10.1 Å². The lowest BCUT2D eigenvalue weighted by molar-refractivity contribution is 0.0733. The minimum Gasteiger partial charge on any atom is -0.422 e. The lowest BCUT2D eigenvalue weighted by Gasteiger charge is -2.12. The molecule has 0 radical (unpaired) electrons. The number of benzene rings is 4. The van der Waals surface area contributed by atoms with E-state index in [1.165, 1.54) is 0 Å². The zero-order valence-corrected chi connectivity index (χ0v) is 15.0. The molecule has 1 N–H and O–H groups in total. The number of fused-ring (bicyclic) bond motifs is 1. The molecule has 4 aromatic carbocycles. The van der Waals surface area contributed by atoms with Crippen LogP contribution in [0.4, 0.5) is 5.69 Å². The fourth-order valence-corrected chi connectivity index (χ4v) is 2.93. The first-order chi connectivity index (χ1) is 13.7. The van der Waals surface area contributed by atoms with Crippen molar-refractivity contribution < 1.29 is 14.3 Å². The molecule has 0 atom stereocenters. The number of nitrogens with one attached hydrogen (secondary N) is 1. The number of hydrogen-bond acceptors (Lipinski definition) is 3. The molecule has 4 rings (SSSR count). The molecular formula is C24H17NO3. The highest BCUT2D eigenvalue weighted by Gasteiger charge is 2.18. The first kappa shape index (κ1) is 17.5. The van der Waals surface area contributed by atoms with Crippen LogP contribution in [0.15, 0.2) is 97.1 Å². The second-order valence-electron chi connectivity index (χ2n) is 6.27. The predicted molar refractivity (Wildman–Crippen MR) is 110 cm³/mol. The Hall–Kier alpha value is -3.92. The summed E-state index contributed by atoms with van der Waals surface area (Å²) < 4.78 is 5.60. The average Bonchev–Trinajstić information content (AvgIpc) is 2.74. The molecule has 0 saturated carbocycles. The number of amides is 1. The summed E-state index contributed by atoms with van der Waals surface area (Å²) in [6, 6.07) is 28.9. The molecule has 1 amide bonds. The van der Waals surface area contributed by atoms with Crippen molar-refractivity contribution in [1.29, 1.82) is 0 Å². The number of rotatable bonds is 4. The number of hydrogen-bond donors (Lipinski definition) is 1. The molecule has 0 bridgehead atoms. The predicted octanol–water partition coefficient (Wildman–Crippen LogP) is 5.31. The summed E-state index contributed by atoms with van der Waals surface area (Å²) in [5, 5.41) is 4.62. The lowest BCUT2D eigenvalue weighted by atomic mass is 10.0. The summed E-state index contributed by atoms with van der Waals surface area (Å²) >= 11 is 0. The van der Waals surface area contributed by atoms with Crippen LogP contribution in [0.2, 0.25) is 0 Å². The molecular weight excluding hydrogens is 350 g/mol. The van der Waals surface area contributed by atoms with Crippen LogP contribution in [0.3, 0.4) is 0 Å². The molecule has 28 heavy (non-hydrogen) atoms. The van der Waals surface area contributed by atoms with Crippen molar-refractivity contribution in [2.24, 2.45) is 0 Å². The van der Waals surface area contributed by atoms with Crippen LogP contribution in [0.5, 0.6) is 5.75 Å². The summed E-state index contributed by atoms with van der Waals surface area (Å²) in [5.74, 6) is -0.626. The molecule has 0 aromatic heterocycles. The maximum atomic E-state index is 12.9. The molecule has 0 aliphatic rings. The van der Waals surface area contributed by atoms with Crippen LogP contribution < -0.4 is 10.1 Å². The van der Waals surface area contributed by atoms with E-state index < -0.39 is 5.97 Å². The van der Waals surface area contributed by atoms with Gasteiger partial charge >= 0.3 is 5.97 Å². The highest BCUT2D eigenvalue weighted by atomic mass is 16.5. The fraction of sp³-hybridized carbons (Fsp3) is 0. The normalized spacial score (nSPS) is 10.4. The Kier molecular flexibility index (Phi) is 4.85. The van der Waals surface area contributed by atoms with Gasteiger partial charge in [0, 0.05) is 5.69 Å². The number of ether oxygens (including phenoxy) is 1. The number of para-hydroxylation sites is 1. The van der Waals surface area contributed by atoms with E-state index in [0.717, 1.165) is 10.8 Å². The van der Waals surface area contributed by atoms with Gasteiger partial charge in [0.25, 0.3) is 5.91 Å². The van der Waals surface area contributed by atoms with E-state index in [1.54, 1.807) is 48.5 Å². The zero-order chi connectivity index (χ0) is 19.3. The van der Waals surface area contributed by atoms with Crippen LogP contribution >= 0.6 is 0 Å². The second kappa shape index (κ2) is 7.76. The van der Waals surface area contributed by atoms with Gasteiger partial charge in [-0.2, -0.15) is 0 Å². The van der Waals surface area contributed by atoms with Crippen molar-refractivity contribution in [3.63, 3.8) is 0 Å². The first-order valence-electron chi connectivity index (χ1n) is 8.87. The standard InChI is InChI=1S/C24H17NO3/c26-23(25-20-13-5-2-6-14-20)21-15-18-11-7-8-12-19(18)16-22(21)28-24(27)17-9-3-1-4-10-17/h1-16H,(H,25,26). The maximum absolute atomic E-state index is 12.9. The Labute approximate surface area is 162 Å². The molecule has 4 heteroatoms. The Bertz CT molecular complexity index is 1140. The highest BCUT2D eigenvalue weighted by Crippen LogP contribution is 2.28. The summed E-state index contributed by atoms with van der Waals surface area (Å²) in [7, 11) is 0.